The topological polar surface area (TPSA) is 38.7 Å². The van der Waals surface area contributed by atoms with Crippen LogP contribution in [0.2, 0.25) is 5.02 Å². The van der Waals surface area contributed by atoms with Crippen molar-refractivity contribution < 1.29 is 9.53 Å². The van der Waals surface area contributed by atoms with E-state index in [4.69, 9.17) is 21.3 Å². The van der Waals surface area contributed by atoms with Crippen LogP contribution in [-0.4, -0.2) is 23.8 Å². The summed E-state index contributed by atoms with van der Waals surface area (Å²) in [6.45, 7) is 2.15. The highest BCUT2D eigenvalue weighted by atomic mass is 35.5. The third-order valence-electron chi connectivity index (χ3n) is 5.84. The van der Waals surface area contributed by atoms with Gasteiger partial charge in [0.05, 0.1) is 6.61 Å². The maximum atomic E-state index is 13.4. The molecule has 1 aliphatic heterocycles. The highest BCUT2D eigenvalue weighted by Gasteiger charge is 2.49. The van der Waals surface area contributed by atoms with Gasteiger partial charge in [0.25, 0.3) is 0 Å². The molecule has 0 aliphatic carbocycles. The van der Waals surface area contributed by atoms with Crippen LogP contribution in [0.15, 0.2) is 96.0 Å². The molecule has 0 saturated carbocycles. The summed E-state index contributed by atoms with van der Waals surface area (Å²) < 4.78 is 5.59. The molecule has 0 fully saturated rings. The Kier molecular flexibility index (Phi) is 6.87. The van der Waals surface area contributed by atoms with Gasteiger partial charge in [-0.05, 0) is 48.6 Å². The van der Waals surface area contributed by atoms with Crippen LogP contribution in [0.4, 0.5) is 0 Å². The van der Waals surface area contributed by atoms with Crippen LogP contribution in [0.25, 0.3) is 6.08 Å². The molecule has 0 bridgehead atoms. The summed E-state index contributed by atoms with van der Waals surface area (Å²) in [6, 6.07) is 27.8. The highest BCUT2D eigenvalue weighted by Crippen LogP contribution is 2.43. The van der Waals surface area contributed by atoms with Gasteiger partial charge >= 0.3 is 5.97 Å². The average Bonchev–Trinajstić information content (AvgIpc) is 3.28. The molecule has 3 nitrogen and oxygen atoms in total. The van der Waals surface area contributed by atoms with Crippen molar-refractivity contribution in [3.8, 4) is 0 Å². The molecule has 3 aromatic rings. The Hall–Kier alpha value is -3.17. The molecule has 0 aromatic heterocycles. The fourth-order valence-corrected chi connectivity index (χ4v) is 4.37. The van der Waals surface area contributed by atoms with Gasteiger partial charge in [-0.3, -0.25) is 4.99 Å². The first-order chi connectivity index (χ1) is 15.6. The summed E-state index contributed by atoms with van der Waals surface area (Å²) in [5.74, 6) is -0.539. The Labute approximate surface area is 194 Å². The molecule has 0 N–H and O–H groups in total. The number of hydrogen-bond acceptors (Lipinski definition) is 3. The number of hydrogen-bond donors (Lipinski definition) is 0. The molecular formula is C28H26ClNO2. The van der Waals surface area contributed by atoms with Crippen LogP contribution in [0.5, 0.6) is 0 Å². The number of benzene rings is 3. The number of nitrogens with zero attached hydrogens (tertiary/aromatic N) is 1. The number of carbonyl (C=O) groups is 1. The van der Waals surface area contributed by atoms with Gasteiger partial charge in [-0.1, -0.05) is 96.5 Å². The van der Waals surface area contributed by atoms with E-state index in [2.05, 4.69) is 24.3 Å². The second kappa shape index (κ2) is 9.97. The van der Waals surface area contributed by atoms with Crippen molar-refractivity contribution in [1.29, 1.82) is 0 Å². The summed E-state index contributed by atoms with van der Waals surface area (Å²) in [5.41, 5.74) is 2.99. The molecule has 4 rings (SSSR count). The Morgan fingerprint density at radius 2 is 1.69 bits per heavy atom. The third kappa shape index (κ3) is 4.68. The van der Waals surface area contributed by atoms with Gasteiger partial charge in [0.15, 0.2) is 5.54 Å². The van der Waals surface area contributed by atoms with Crippen LogP contribution < -0.4 is 0 Å². The fourth-order valence-electron chi connectivity index (χ4n) is 4.25. The van der Waals surface area contributed by atoms with E-state index in [0.717, 1.165) is 22.4 Å². The van der Waals surface area contributed by atoms with E-state index in [0.29, 0.717) is 24.5 Å². The quantitative estimate of drug-likeness (QED) is 0.380. The van der Waals surface area contributed by atoms with Gasteiger partial charge in [0, 0.05) is 16.7 Å². The van der Waals surface area contributed by atoms with Gasteiger partial charge in [0.2, 0.25) is 0 Å². The minimum Gasteiger partial charge on any atom is -0.464 e. The lowest BCUT2D eigenvalue weighted by Crippen LogP contribution is -2.42. The molecule has 0 saturated heterocycles. The van der Waals surface area contributed by atoms with Crippen molar-refractivity contribution in [2.75, 3.05) is 6.61 Å². The van der Waals surface area contributed by atoms with Crippen molar-refractivity contribution in [2.24, 2.45) is 4.99 Å². The van der Waals surface area contributed by atoms with E-state index in [1.165, 1.54) is 0 Å². The molecule has 1 aliphatic rings. The standard InChI is InChI=1S/C28H26ClNO2/c1-2-32-27(31)28(20-19-26(30-28)23-14-16-24(29)17-15-23)25(22-11-7-4-8-12-22)18-13-21-9-5-3-6-10-21/h3-18,25H,2,19-20H2,1H3/b18-13+/t25-,28+/m1/s1. The van der Waals surface area contributed by atoms with Crippen molar-refractivity contribution >= 4 is 29.4 Å². The van der Waals surface area contributed by atoms with E-state index in [1.807, 2.05) is 79.7 Å². The summed E-state index contributed by atoms with van der Waals surface area (Å²) in [5, 5.41) is 0.678. The number of ether oxygens (including phenoxy) is 1. The van der Waals surface area contributed by atoms with Crippen molar-refractivity contribution in [2.45, 2.75) is 31.2 Å². The van der Waals surface area contributed by atoms with E-state index in [9.17, 15) is 4.79 Å². The molecule has 3 aromatic carbocycles. The Morgan fingerprint density at radius 3 is 2.34 bits per heavy atom. The molecule has 0 spiro atoms. The largest absolute Gasteiger partial charge is 0.464 e. The minimum atomic E-state index is -1.02. The average molecular weight is 444 g/mol. The molecule has 0 radical (unpaired) electrons. The Bertz CT molecular complexity index is 1110. The van der Waals surface area contributed by atoms with Crippen molar-refractivity contribution in [1.82, 2.24) is 0 Å². The van der Waals surface area contributed by atoms with Gasteiger partial charge in [-0.15, -0.1) is 0 Å². The van der Waals surface area contributed by atoms with Crippen LogP contribution in [-0.2, 0) is 9.53 Å². The number of halogens is 1. The van der Waals surface area contributed by atoms with Gasteiger partial charge in [-0.25, -0.2) is 4.79 Å². The van der Waals surface area contributed by atoms with Gasteiger partial charge in [0.1, 0.15) is 0 Å². The maximum absolute atomic E-state index is 13.4. The number of aliphatic imine (C=N–C) groups is 1. The lowest BCUT2D eigenvalue weighted by molar-refractivity contribution is -0.150. The highest BCUT2D eigenvalue weighted by molar-refractivity contribution is 6.30. The first kappa shape index (κ1) is 22.0. The summed E-state index contributed by atoms with van der Waals surface area (Å²) >= 11 is 6.07. The van der Waals surface area contributed by atoms with Crippen LogP contribution in [0.3, 0.4) is 0 Å². The molecule has 0 unspecified atom stereocenters. The second-order valence-corrected chi connectivity index (χ2v) is 8.30. The zero-order chi connectivity index (χ0) is 22.4. The zero-order valence-corrected chi connectivity index (χ0v) is 18.8. The first-order valence-electron chi connectivity index (χ1n) is 10.9. The van der Waals surface area contributed by atoms with E-state index < -0.39 is 5.54 Å². The normalized spacial score (nSPS) is 19.0. The fraction of sp³-hybridized carbons (Fsp3) is 0.214. The van der Waals surface area contributed by atoms with Crippen LogP contribution in [0, 0.1) is 0 Å². The lowest BCUT2D eigenvalue weighted by Gasteiger charge is -2.31. The monoisotopic (exact) mass is 443 g/mol. The van der Waals surface area contributed by atoms with E-state index in [1.54, 1.807) is 0 Å². The summed E-state index contributed by atoms with van der Waals surface area (Å²) in [4.78, 5) is 18.5. The number of carbonyl (C=O) groups excluding carboxylic acids is 1. The zero-order valence-electron chi connectivity index (χ0n) is 18.1. The van der Waals surface area contributed by atoms with E-state index >= 15 is 0 Å². The Morgan fingerprint density at radius 1 is 1.03 bits per heavy atom. The SMILES string of the molecule is CCOC(=O)[C@@]1([C@H](/C=C/c2ccccc2)c2ccccc2)CCC(c2ccc(Cl)cc2)=N1. The summed E-state index contributed by atoms with van der Waals surface area (Å²) in [7, 11) is 0. The van der Waals surface area contributed by atoms with Gasteiger partial charge < -0.3 is 4.74 Å². The predicted molar refractivity (Wildman–Crippen MR) is 131 cm³/mol. The molecular weight excluding hydrogens is 418 g/mol. The predicted octanol–water partition coefficient (Wildman–Crippen LogP) is 6.72. The Balaban J connectivity index is 1.82. The number of esters is 1. The first-order valence-corrected chi connectivity index (χ1v) is 11.3. The number of rotatable bonds is 7. The lowest BCUT2D eigenvalue weighted by atomic mass is 9.77. The van der Waals surface area contributed by atoms with Crippen molar-refractivity contribution in [3.05, 3.63) is 113 Å². The molecule has 162 valence electrons. The maximum Gasteiger partial charge on any atom is 0.334 e. The molecule has 32 heavy (non-hydrogen) atoms. The third-order valence-corrected chi connectivity index (χ3v) is 6.09. The molecule has 2 atom stereocenters. The van der Waals surface area contributed by atoms with Crippen molar-refractivity contribution in [3.63, 3.8) is 0 Å². The molecule has 1 heterocycles. The molecule has 0 amide bonds. The van der Waals surface area contributed by atoms with Crippen LogP contribution in [0.1, 0.15) is 42.4 Å². The van der Waals surface area contributed by atoms with Gasteiger partial charge in [-0.2, -0.15) is 0 Å². The van der Waals surface area contributed by atoms with E-state index in [-0.39, 0.29) is 11.9 Å². The minimum absolute atomic E-state index is 0.257. The second-order valence-electron chi connectivity index (χ2n) is 7.87. The van der Waals surface area contributed by atoms with Crippen LogP contribution >= 0.6 is 11.6 Å². The molecule has 4 heteroatoms. The smallest absolute Gasteiger partial charge is 0.334 e. The summed E-state index contributed by atoms with van der Waals surface area (Å²) in [6.07, 6.45) is 5.44.